The Bertz CT molecular complexity index is 719. The van der Waals surface area contributed by atoms with E-state index in [1.54, 1.807) is 13.8 Å². The van der Waals surface area contributed by atoms with Crippen molar-refractivity contribution in [1.29, 1.82) is 0 Å². The van der Waals surface area contributed by atoms with Crippen molar-refractivity contribution >= 4 is 30.5 Å². The highest BCUT2D eigenvalue weighted by molar-refractivity contribution is 6.23. The van der Waals surface area contributed by atoms with Gasteiger partial charge in [0.25, 0.3) is 0 Å². The van der Waals surface area contributed by atoms with Crippen molar-refractivity contribution in [2.24, 2.45) is 10.1 Å². The first-order chi connectivity index (χ1) is 13.1. The Hall–Kier alpha value is -3.23. The van der Waals surface area contributed by atoms with Crippen LogP contribution < -0.4 is 0 Å². The third kappa shape index (κ3) is 5.63. The van der Waals surface area contributed by atoms with Crippen LogP contribution in [0, 0.1) is 0 Å². The predicted octanol–water partition coefficient (Wildman–Crippen LogP) is 0.923. The lowest BCUT2D eigenvalue weighted by molar-refractivity contribution is -0.155. The van der Waals surface area contributed by atoms with Gasteiger partial charge in [0.1, 0.15) is 19.2 Å². The lowest BCUT2D eigenvalue weighted by Gasteiger charge is -2.21. The van der Waals surface area contributed by atoms with Crippen LogP contribution in [0.1, 0.15) is 19.4 Å². The van der Waals surface area contributed by atoms with E-state index in [2.05, 4.69) is 10.1 Å². The fourth-order valence-corrected chi connectivity index (χ4v) is 2.30. The molecule has 0 saturated heterocycles. The Balaban J connectivity index is 2.00. The molecule has 0 spiro atoms. The first kappa shape index (κ1) is 20.1. The summed E-state index contributed by atoms with van der Waals surface area (Å²) in [6.07, 6.45) is 2.10. The van der Waals surface area contributed by atoms with Gasteiger partial charge < -0.3 is 14.2 Å². The SMILES string of the molecule is CCOC(=O)[C@@H]1N=CN(/N=C/C(=O)OCc2ccccc2)[C@H]1C(=O)OCC. The lowest BCUT2D eigenvalue weighted by Crippen LogP contribution is -2.45. The highest BCUT2D eigenvalue weighted by Crippen LogP contribution is 2.17. The van der Waals surface area contributed by atoms with E-state index in [9.17, 15) is 14.4 Å². The van der Waals surface area contributed by atoms with Gasteiger partial charge in [-0.2, -0.15) is 5.10 Å². The zero-order valence-electron chi connectivity index (χ0n) is 15.1. The Labute approximate surface area is 156 Å². The number of nitrogens with zero attached hydrogens (tertiary/aromatic N) is 3. The molecule has 144 valence electrons. The van der Waals surface area contributed by atoms with Gasteiger partial charge in [0.05, 0.1) is 13.2 Å². The molecule has 0 aliphatic carbocycles. The van der Waals surface area contributed by atoms with Gasteiger partial charge in [0, 0.05) is 0 Å². The van der Waals surface area contributed by atoms with Gasteiger partial charge in [0.2, 0.25) is 0 Å². The van der Waals surface area contributed by atoms with Gasteiger partial charge in [-0.15, -0.1) is 0 Å². The molecule has 0 aromatic heterocycles. The maximum Gasteiger partial charge on any atom is 0.351 e. The molecule has 1 aromatic rings. The van der Waals surface area contributed by atoms with Crippen molar-refractivity contribution in [2.45, 2.75) is 32.5 Å². The summed E-state index contributed by atoms with van der Waals surface area (Å²) in [5, 5.41) is 4.98. The summed E-state index contributed by atoms with van der Waals surface area (Å²) in [5.41, 5.74) is 0.828. The van der Waals surface area contributed by atoms with Crippen molar-refractivity contribution < 1.29 is 28.6 Å². The topological polar surface area (TPSA) is 107 Å². The molecule has 1 heterocycles. The van der Waals surface area contributed by atoms with Crippen LogP contribution in [0.25, 0.3) is 0 Å². The monoisotopic (exact) mass is 375 g/mol. The van der Waals surface area contributed by atoms with Crippen LogP contribution in [0.3, 0.4) is 0 Å². The summed E-state index contributed by atoms with van der Waals surface area (Å²) < 4.78 is 15.0. The van der Waals surface area contributed by atoms with Gasteiger partial charge in [-0.05, 0) is 19.4 Å². The van der Waals surface area contributed by atoms with Gasteiger partial charge in [-0.3, -0.25) is 4.99 Å². The van der Waals surface area contributed by atoms with Gasteiger partial charge >= 0.3 is 17.9 Å². The molecule has 0 unspecified atom stereocenters. The van der Waals surface area contributed by atoms with Crippen LogP contribution in [0.4, 0.5) is 0 Å². The maximum atomic E-state index is 12.2. The highest BCUT2D eigenvalue weighted by Gasteiger charge is 2.43. The van der Waals surface area contributed by atoms with E-state index < -0.39 is 30.0 Å². The van der Waals surface area contributed by atoms with Crippen molar-refractivity contribution in [2.75, 3.05) is 13.2 Å². The van der Waals surface area contributed by atoms with Gasteiger partial charge in [-0.1, -0.05) is 30.3 Å². The third-order valence-electron chi connectivity index (χ3n) is 3.51. The second kappa shape index (κ2) is 10.0. The summed E-state index contributed by atoms with van der Waals surface area (Å²) in [7, 11) is 0. The van der Waals surface area contributed by atoms with Crippen LogP contribution in [0.5, 0.6) is 0 Å². The number of hydrazone groups is 1. The summed E-state index contributed by atoms with van der Waals surface area (Å²) in [5.74, 6) is -2.06. The summed E-state index contributed by atoms with van der Waals surface area (Å²) in [6.45, 7) is 3.65. The van der Waals surface area contributed by atoms with Crippen molar-refractivity contribution in [3.8, 4) is 0 Å². The molecule has 1 aliphatic rings. The number of hydrogen-bond acceptors (Lipinski definition) is 9. The summed E-state index contributed by atoms with van der Waals surface area (Å²) in [4.78, 5) is 40.0. The predicted molar refractivity (Wildman–Crippen MR) is 95.9 cm³/mol. The minimum Gasteiger partial charge on any atom is -0.464 e. The molecule has 9 heteroatoms. The second-order valence-corrected chi connectivity index (χ2v) is 5.38. The minimum atomic E-state index is -1.14. The number of ether oxygens (including phenoxy) is 3. The van der Waals surface area contributed by atoms with E-state index in [1.807, 2.05) is 30.3 Å². The molecular formula is C18H21N3O6. The molecule has 0 bridgehead atoms. The number of esters is 3. The van der Waals surface area contributed by atoms with Crippen molar-refractivity contribution in [1.82, 2.24) is 5.01 Å². The smallest absolute Gasteiger partial charge is 0.351 e. The number of benzene rings is 1. The maximum absolute atomic E-state index is 12.2. The Kier molecular flexibility index (Phi) is 7.48. The fourth-order valence-electron chi connectivity index (χ4n) is 2.30. The highest BCUT2D eigenvalue weighted by atomic mass is 16.5. The average Bonchev–Trinajstić information content (AvgIpc) is 3.10. The van der Waals surface area contributed by atoms with E-state index in [1.165, 1.54) is 6.34 Å². The molecule has 0 fully saturated rings. The Morgan fingerprint density at radius 3 is 2.41 bits per heavy atom. The standard InChI is InChI=1S/C18H21N3O6/c1-3-25-17(23)15-16(18(24)26-4-2)21(12-19-15)20-10-14(22)27-11-13-8-6-5-7-9-13/h5-10,12,15-16H,3-4,11H2,1-2H3/b20-10+/t15-,16-/m1/s1. The van der Waals surface area contributed by atoms with Crippen LogP contribution in [0.15, 0.2) is 40.4 Å². The molecule has 27 heavy (non-hydrogen) atoms. The molecule has 0 radical (unpaired) electrons. The molecule has 9 nitrogen and oxygen atoms in total. The molecule has 2 rings (SSSR count). The molecule has 1 aromatic carbocycles. The number of carbonyl (C=O) groups is 3. The van der Waals surface area contributed by atoms with Crippen molar-refractivity contribution in [3.05, 3.63) is 35.9 Å². The van der Waals surface area contributed by atoms with Crippen LogP contribution in [-0.4, -0.2) is 60.8 Å². The van der Waals surface area contributed by atoms with Crippen LogP contribution >= 0.6 is 0 Å². The van der Waals surface area contributed by atoms with E-state index in [0.717, 1.165) is 16.8 Å². The third-order valence-corrected chi connectivity index (χ3v) is 3.51. The zero-order chi connectivity index (χ0) is 19.6. The van der Waals surface area contributed by atoms with E-state index in [0.29, 0.717) is 0 Å². The molecule has 0 N–H and O–H groups in total. The number of hydrogen-bond donors (Lipinski definition) is 0. The zero-order valence-corrected chi connectivity index (χ0v) is 15.1. The summed E-state index contributed by atoms with van der Waals surface area (Å²) in [6, 6.07) is 6.91. The normalized spacial score (nSPS) is 18.5. The first-order valence-electron chi connectivity index (χ1n) is 8.46. The Morgan fingerprint density at radius 2 is 1.74 bits per heavy atom. The number of carbonyl (C=O) groups excluding carboxylic acids is 3. The van der Waals surface area contributed by atoms with E-state index >= 15 is 0 Å². The second-order valence-electron chi connectivity index (χ2n) is 5.38. The molecule has 0 amide bonds. The molecule has 2 atom stereocenters. The number of rotatable bonds is 8. The molecule has 1 aliphatic heterocycles. The van der Waals surface area contributed by atoms with Gasteiger partial charge in [-0.25, -0.2) is 19.4 Å². The van der Waals surface area contributed by atoms with Gasteiger partial charge in [0.15, 0.2) is 12.1 Å². The quantitative estimate of drug-likeness (QED) is 0.378. The minimum absolute atomic E-state index is 0.0898. The average molecular weight is 375 g/mol. The fraction of sp³-hybridized carbons (Fsp3) is 0.389. The summed E-state index contributed by atoms with van der Waals surface area (Å²) >= 11 is 0. The lowest BCUT2D eigenvalue weighted by atomic mass is 10.1. The van der Waals surface area contributed by atoms with E-state index in [4.69, 9.17) is 14.2 Å². The number of aliphatic imine (C=N–C) groups is 1. The molecular weight excluding hydrogens is 354 g/mol. The largest absolute Gasteiger partial charge is 0.464 e. The van der Waals surface area contributed by atoms with E-state index in [-0.39, 0.29) is 19.8 Å². The Morgan fingerprint density at radius 1 is 1.07 bits per heavy atom. The molecule has 0 saturated carbocycles. The van der Waals surface area contributed by atoms with Crippen LogP contribution in [-0.2, 0) is 35.2 Å². The van der Waals surface area contributed by atoms with Crippen LogP contribution in [0.2, 0.25) is 0 Å². The first-order valence-corrected chi connectivity index (χ1v) is 8.46. The van der Waals surface area contributed by atoms with Crippen molar-refractivity contribution in [3.63, 3.8) is 0 Å².